The molecule has 0 saturated carbocycles. The second-order valence-corrected chi connectivity index (χ2v) is 23.3. The minimum atomic E-state index is -1.37. The summed E-state index contributed by atoms with van der Waals surface area (Å²) < 4.78 is 0. The Hall–Kier alpha value is 0.131. The molecule has 100 valence electrons. The molecule has 0 rings (SSSR count). The summed E-state index contributed by atoms with van der Waals surface area (Å²) in [4.78, 5) is 0. The number of hydrogen-bond donors (Lipinski definition) is 0. The Balaban J connectivity index is 4.57. The van der Waals surface area contributed by atoms with Gasteiger partial charge in [-0.2, -0.15) is 0 Å². The van der Waals surface area contributed by atoms with Crippen LogP contribution in [0, 0.1) is 0 Å². The maximum absolute atomic E-state index is 4.13. The summed E-state index contributed by atoms with van der Waals surface area (Å²) in [6.45, 7) is 23.1. The average molecular weight is 285 g/mol. The highest BCUT2D eigenvalue weighted by Gasteiger charge is 2.30. The number of hydrogen-bond acceptors (Lipinski definition) is 0. The summed E-state index contributed by atoms with van der Waals surface area (Å²) in [6.07, 6.45) is 0. The lowest BCUT2D eigenvalue weighted by molar-refractivity contribution is 1.21. The Kier molecular flexibility index (Phi) is 6.39. The zero-order valence-electron chi connectivity index (χ0n) is 12.9. The van der Waals surface area contributed by atoms with Crippen LogP contribution in [0.5, 0.6) is 0 Å². The molecule has 0 aromatic heterocycles. The zero-order chi connectivity index (χ0) is 13.7. The fraction of sp³-hybridized carbons (Fsp3) is 0.714. The second-order valence-electron chi connectivity index (χ2n) is 7.76. The molecular weight excluding hydrogens is 252 g/mol. The van der Waals surface area contributed by atoms with Gasteiger partial charge in [-0.05, 0) is 0 Å². The molecule has 0 heterocycles. The molecule has 0 unspecified atom stereocenters. The third-order valence-corrected chi connectivity index (χ3v) is 12.0. The zero-order valence-corrected chi connectivity index (χ0v) is 15.9. The fourth-order valence-corrected chi connectivity index (χ4v) is 12.8. The van der Waals surface area contributed by atoms with Crippen molar-refractivity contribution in [3.05, 3.63) is 24.6 Å². The summed E-state index contributed by atoms with van der Waals surface area (Å²) in [5.74, 6) is 0. The van der Waals surface area contributed by atoms with Crippen molar-refractivity contribution in [3.63, 3.8) is 0 Å². The monoisotopic (exact) mass is 284 g/mol. The molecule has 3 heteroatoms. The third kappa shape index (κ3) is 7.95. The van der Waals surface area contributed by atoms with E-state index in [0.717, 1.165) is 0 Å². The van der Waals surface area contributed by atoms with Crippen molar-refractivity contribution in [2.45, 2.75) is 63.5 Å². The summed E-state index contributed by atoms with van der Waals surface area (Å²) in [7, 11) is -3.21. The molecule has 17 heavy (non-hydrogen) atoms. The van der Waals surface area contributed by atoms with E-state index < -0.39 is 24.2 Å². The van der Waals surface area contributed by atoms with E-state index in [1.165, 1.54) is 24.2 Å². The Morgan fingerprint density at radius 2 is 0.941 bits per heavy atom. The minimum absolute atomic E-state index is 0.924. The van der Waals surface area contributed by atoms with Crippen molar-refractivity contribution in [1.82, 2.24) is 0 Å². The quantitative estimate of drug-likeness (QED) is 0.512. The molecule has 0 fully saturated rings. The van der Waals surface area contributed by atoms with Crippen LogP contribution in [0.15, 0.2) is 24.6 Å². The van der Waals surface area contributed by atoms with E-state index in [4.69, 9.17) is 0 Å². The largest absolute Gasteiger partial charge is 0.107 e. The van der Waals surface area contributed by atoms with E-state index in [1.54, 1.807) is 0 Å². The van der Waals surface area contributed by atoms with Gasteiger partial charge in [0.15, 0.2) is 0 Å². The summed E-state index contributed by atoms with van der Waals surface area (Å²) in [5.41, 5.74) is 4.58. The van der Waals surface area contributed by atoms with Gasteiger partial charge in [0, 0.05) is 16.1 Å². The van der Waals surface area contributed by atoms with Gasteiger partial charge < -0.3 is 0 Å². The molecule has 0 aromatic rings. The molecule has 0 amide bonds. The standard InChI is InChI=1S/C14H32Si3/c1-9-17(10-2,13-11-15(3,4)5)14-12-16(6,7)8/h9-10H,1-2,11-14H2,3-8H3. The normalized spacial score (nSPS) is 13.5. The van der Waals surface area contributed by atoms with E-state index in [0.29, 0.717) is 0 Å². The first-order valence-electron chi connectivity index (χ1n) is 6.81. The Labute approximate surface area is 112 Å². The Morgan fingerprint density at radius 1 is 0.647 bits per heavy atom. The van der Waals surface area contributed by atoms with Gasteiger partial charge >= 0.3 is 0 Å². The van der Waals surface area contributed by atoms with Gasteiger partial charge in [0.05, 0.1) is 8.07 Å². The van der Waals surface area contributed by atoms with Gasteiger partial charge in [0.2, 0.25) is 0 Å². The first-order chi connectivity index (χ1) is 7.54. The van der Waals surface area contributed by atoms with Crippen LogP contribution in [-0.4, -0.2) is 24.2 Å². The second kappa shape index (κ2) is 6.34. The maximum atomic E-state index is 4.13. The summed E-state index contributed by atoms with van der Waals surface area (Å²) >= 11 is 0. The van der Waals surface area contributed by atoms with Crippen LogP contribution in [0.1, 0.15) is 0 Å². The predicted octanol–water partition coefficient (Wildman–Crippen LogP) is 5.56. The highest BCUT2D eigenvalue weighted by Crippen LogP contribution is 2.29. The van der Waals surface area contributed by atoms with Crippen molar-refractivity contribution >= 4 is 24.2 Å². The molecule has 0 aliphatic rings. The first-order valence-corrected chi connectivity index (χ1v) is 16.8. The van der Waals surface area contributed by atoms with Crippen LogP contribution >= 0.6 is 0 Å². The van der Waals surface area contributed by atoms with Crippen LogP contribution < -0.4 is 0 Å². The maximum Gasteiger partial charge on any atom is 0.0999 e. The van der Waals surface area contributed by atoms with Crippen LogP contribution in [0.4, 0.5) is 0 Å². The lowest BCUT2D eigenvalue weighted by Crippen LogP contribution is -2.35. The van der Waals surface area contributed by atoms with Crippen molar-refractivity contribution in [2.75, 3.05) is 0 Å². The first kappa shape index (κ1) is 17.1. The van der Waals surface area contributed by atoms with Gasteiger partial charge in [0.1, 0.15) is 0 Å². The lowest BCUT2D eigenvalue weighted by Gasteiger charge is -2.30. The third-order valence-electron chi connectivity index (χ3n) is 3.49. The molecule has 0 saturated heterocycles. The highest BCUT2D eigenvalue weighted by molar-refractivity contribution is 6.91. The van der Waals surface area contributed by atoms with Crippen molar-refractivity contribution in [3.8, 4) is 0 Å². The molecule has 0 aromatic carbocycles. The Bertz CT molecular complexity index is 228. The van der Waals surface area contributed by atoms with Gasteiger partial charge in [-0.1, -0.05) is 74.9 Å². The topological polar surface area (TPSA) is 0 Å². The minimum Gasteiger partial charge on any atom is -0.107 e. The predicted molar refractivity (Wildman–Crippen MR) is 92.1 cm³/mol. The van der Waals surface area contributed by atoms with Gasteiger partial charge in [-0.25, -0.2) is 0 Å². The average Bonchev–Trinajstić information content (AvgIpc) is 2.16. The number of rotatable bonds is 8. The van der Waals surface area contributed by atoms with E-state index in [1.807, 2.05) is 0 Å². The molecule has 0 N–H and O–H groups in total. The molecule has 0 nitrogen and oxygen atoms in total. The van der Waals surface area contributed by atoms with Crippen LogP contribution in [0.25, 0.3) is 0 Å². The van der Waals surface area contributed by atoms with Crippen LogP contribution in [-0.2, 0) is 0 Å². The SMILES string of the molecule is C=C[Si](C=C)(CC[Si](C)(C)C)CC[Si](C)(C)C. The molecule has 0 aliphatic carbocycles. The van der Waals surface area contributed by atoms with Gasteiger partial charge in [-0.3, -0.25) is 0 Å². The Morgan fingerprint density at radius 3 is 1.12 bits per heavy atom. The highest BCUT2D eigenvalue weighted by atomic mass is 28.3. The van der Waals surface area contributed by atoms with Gasteiger partial charge in [0.25, 0.3) is 0 Å². The van der Waals surface area contributed by atoms with E-state index in [-0.39, 0.29) is 0 Å². The molecular formula is C14H32Si3. The molecule has 0 spiro atoms. The van der Waals surface area contributed by atoms with Crippen molar-refractivity contribution in [1.29, 1.82) is 0 Å². The molecule has 0 radical (unpaired) electrons. The smallest absolute Gasteiger partial charge is 0.0999 e. The van der Waals surface area contributed by atoms with E-state index >= 15 is 0 Å². The van der Waals surface area contributed by atoms with Gasteiger partial charge in [-0.15, -0.1) is 13.2 Å². The van der Waals surface area contributed by atoms with Crippen LogP contribution in [0.2, 0.25) is 63.5 Å². The van der Waals surface area contributed by atoms with Crippen molar-refractivity contribution < 1.29 is 0 Å². The van der Waals surface area contributed by atoms with E-state index in [9.17, 15) is 0 Å². The van der Waals surface area contributed by atoms with Crippen LogP contribution in [0.3, 0.4) is 0 Å². The lowest BCUT2D eigenvalue weighted by atomic mass is 10.9. The van der Waals surface area contributed by atoms with Crippen molar-refractivity contribution in [2.24, 2.45) is 0 Å². The van der Waals surface area contributed by atoms with E-state index in [2.05, 4.69) is 63.8 Å². The molecule has 0 bridgehead atoms. The summed E-state index contributed by atoms with van der Waals surface area (Å²) in [6, 6.07) is 5.65. The molecule has 0 aliphatic heterocycles. The fourth-order valence-electron chi connectivity index (χ4n) is 1.83. The summed E-state index contributed by atoms with van der Waals surface area (Å²) in [5, 5.41) is 0. The molecule has 0 atom stereocenters.